The molecule has 0 aromatic heterocycles. The van der Waals surface area contributed by atoms with E-state index in [1.807, 2.05) is 18.2 Å². The van der Waals surface area contributed by atoms with E-state index < -0.39 is 0 Å². The SMILES string of the molecule is CC(Nc1cccc(Cl)c1)c1ccc2c(c1)CCC2. The van der Waals surface area contributed by atoms with E-state index in [1.165, 1.54) is 36.0 Å². The average molecular weight is 272 g/mol. The highest BCUT2D eigenvalue weighted by atomic mass is 35.5. The number of nitrogens with one attached hydrogen (secondary N) is 1. The lowest BCUT2D eigenvalue weighted by atomic mass is 10.0. The normalized spacial score (nSPS) is 15.1. The zero-order valence-corrected chi connectivity index (χ0v) is 11.9. The van der Waals surface area contributed by atoms with Crippen LogP contribution in [0.2, 0.25) is 5.02 Å². The van der Waals surface area contributed by atoms with Gasteiger partial charge in [-0.1, -0.05) is 35.9 Å². The summed E-state index contributed by atoms with van der Waals surface area (Å²) in [6.07, 6.45) is 3.77. The number of benzene rings is 2. The predicted molar refractivity (Wildman–Crippen MR) is 82.0 cm³/mol. The van der Waals surface area contributed by atoms with E-state index >= 15 is 0 Å². The Kier molecular flexibility index (Phi) is 3.48. The first-order chi connectivity index (χ1) is 9.22. The Bertz CT molecular complexity index is 592. The molecule has 0 amide bonds. The molecule has 0 radical (unpaired) electrons. The summed E-state index contributed by atoms with van der Waals surface area (Å²) in [6.45, 7) is 2.19. The Hall–Kier alpha value is -1.47. The quantitative estimate of drug-likeness (QED) is 0.828. The molecule has 0 spiro atoms. The van der Waals surface area contributed by atoms with Crippen LogP contribution in [-0.4, -0.2) is 0 Å². The van der Waals surface area contributed by atoms with Gasteiger partial charge in [0.2, 0.25) is 0 Å². The lowest BCUT2D eigenvalue weighted by Gasteiger charge is -2.17. The van der Waals surface area contributed by atoms with Gasteiger partial charge in [-0.25, -0.2) is 0 Å². The minimum absolute atomic E-state index is 0.296. The van der Waals surface area contributed by atoms with E-state index in [-0.39, 0.29) is 0 Å². The summed E-state index contributed by atoms with van der Waals surface area (Å²) in [4.78, 5) is 0. The maximum absolute atomic E-state index is 6.01. The van der Waals surface area contributed by atoms with E-state index in [2.05, 4.69) is 36.5 Å². The second-order valence-corrected chi connectivity index (χ2v) is 5.69. The van der Waals surface area contributed by atoms with Gasteiger partial charge in [0.15, 0.2) is 0 Å². The standard InChI is InChI=1S/C17H18ClN/c1-12(19-17-7-3-6-16(18)11-17)14-9-8-13-4-2-5-15(13)10-14/h3,6-12,19H,2,4-5H2,1H3. The maximum atomic E-state index is 6.01. The topological polar surface area (TPSA) is 12.0 Å². The third kappa shape index (κ3) is 2.76. The monoisotopic (exact) mass is 271 g/mol. The highest BCUT2D eigenvalue weighted by Gasteiger charge is 2.13. The molecule has 2 aromatic rings. The van der Waals surface area contributed by atoms with Crippen molar-refractivity contribution in [1.29, 1.82) is 0 Å². The number of hydrogen-bond donors (Lipinski definition) is 1. The van der Waals surface area contributed by atoms with Crippen molar-refractivity contribution in [3.8, 4) is 0 Å². The van der Waals surface area contributed by atoms with Crippen LogP contribution in [0.25, 0.3) is 0 Å². The number of rotatable bonds is 3. The van der Waals surface area contributed by atoms with Crippen LogP contribution in [0.3, 0.4) is 0 Å². The Morgan fingerprint density at radius 1 is 1.05 bits per heavy atom. The van der Waals surface area contributed by atoms with Crippen LogP contribution in [0.4, 0.5) is 5.69 Å². The molecule has 0 bridgehead atoms. The van der Waals surface area contributed by atoms with Crippen molar-refractivity contribution in [1.82, 2.24) is 0 Å². The van der Waals surface area contributed by atoms with Crippen LogP contribution < -0.4 is 5.32 Å². The largest absolute Gasteiger partial charge is 0.378 e. The molecule has 0 heterocycles. The average Bonchev–Trinajstić information content (AvgIpc) is 2.85. The number of aryl methyl sites for hydroxylation is 2. The smallest absolute Gasteiger partial charge is 0.0485 e. The van der Waals surface area contributed by atoms with E-state index in [0.29, 0.717) is 6.04 Å². The van der Waals surface area contributed by atoms with Crippen LogP contribution in [0.15, 0.2) is 42.5 Å². The molecule has 3 rings (SSSR count). The first-order valence-electron chi connectivity index (χ1n) is 6.86. The van der Waals surface area contributed by atoms with Gasteiger partial charge >= 0.3 is 0 Å². The molecular formula is C17H18ClN. The number of fused-ring (bicyclic) bond motifs is 1. The van der Waals surface area contributed by atoms with Crippen LogP contribution in [-0.2, 0) is 12.8 Å². The Morgan fingerprint density at radius 3 is 2.74 bits per heavy atom. The Balaban J connectivity index is 1.78. The first kappa shape index (κ1) is 12.6. The van der Waals surface area contributed by atoms with Gasteiger partial charge in [0, 0.05) is 16.8 Å². The minimum atomic E-state index is 0.296. The molecule has 0 aliphatic heterocycles. The molecule has 1 nitrogen and oxygen atoms in total. The van der Waals surface area contributed by atoms with E-state index in [0.717, 1.165) is 10.7 Å². The maximum Gasteiger partial charge on any atom is 0.0485 e. The Labute approximate surface area is 119 Å². The first-order valence-corrected chi connectivity index (χ1v) is 7.24. The molecule has 1 unspecified atom stereocenters. The lowest BCUT2D eigenvalue weighted by Crippen LogP contribution is -2.07. The van der Waals surface area contributed by atoms with Crippen molar-refractivity contribution in [2.24, 2.45) is 0 Å². The molecule has 1 aliphatic carbocycles. The molecule has 0 fully saturated rings. The molecule has 0 saturated heterocycles. The van der Waals surface area contributed by atoms with Gasteiger partial charge in [-0.3, -0.25) is 0 Å². The molecule has 2 aromatic carbocycles. The van der Waals surface area contributed by atoms with Crippen molar-refractivity contribution in [2.45, 2.75) is 32.2 Å². The highest BCUT2D eigenvalue weighted by molar-refractivity contribution is 6.30. The molecule has 1 aliphatic rings. The molecular weight excluding hydrogens is 254 g/mol. The second-order valence-electron chi connectivity index (χ2n) is 5.26. The summed E-state index contributed by atoms with van der Waals surface area (Å²) in [5, 5.41) is 4.28. The van der Waals surface area contributed by atoms with E-state index in [9.17, 15) is 0 Å². The molecule has 2 heteroatoms. The number of anilines is 1. The van der Waals surface area contributed by atoms with Crippen molar-refractivity contribution >= 4 is 17.3 Å². The van der Waals surface area contributed by atoms with Crippen molar-refractivity contribution in [2.75, 3.05) is 5.32 Å². The second kappa shape index (κ2) is 5.26. The van der Waals surface area contributed by atoms with Gasteiger partial charge in [0.1, 0.15) is 0 Å². The van der Waals surface area contributed by atoms with Gasteiger partial charge < -0.3 is 5.32 Å². The Morgan fingerprint density at radius 2 is 1.89 bits per heavy atom. The summed E-state index contributed by atoms with van der Waals surface area (Å²) >= 11 is 6.01. The zero-order chi connectivity index (χ0) is 13.2. The van der Waals surface area contributed by atoms with Crippen molar-refractivity contribution < 1.29 is 0 Å². The highest BCUT2D eigenvalue weighted by Crippen LogP contribution is 2.27. The van der Waals surface area contributed by atoms with Gasteiger partial charge in [-0.15, -0.1) is 0 Å². The fraction of sp³-hybridized carbons (Fsp3) is 0.294. The molecule has 1 N–H and O–H groups in total. The predicted octanol–water partition coefficient (Wildman–Crippen LogP) is 5.00. The van der Waals surface area contributed by atoms with Crippen molar-refractivity contribution in [3.05, 3.63) is 64.2 Å². The molecule has 19 heavy (non-hydrogen) atoms. The van der Waals surface area contributed by atoms with Crippen LogP contribution in [0.5, 0.6) is 0 Å². The van der Waals surface area contributed by atoms with Gasteiger partial charge in [-0.2, -0.15) is 0 Å². The summed E-state index contributed by atoms with van der Waals surface area (Å²) in [6, 6.07) is 15.1. The van der Waals surface area contributed by atoms with Crippen LogP contribution in [0, 0.1) is 0 Å². The van der Waals surface area contributed by atoms with Crippen molar-refractivity contribution in [3.63, 3.8) is 0 Å². The third-order valence-electron chi connectivity index (χ3n) is 3.83. The zero-order valence-electron chi connectivity index (χ0n) is 11.1. The number of halogens is 1. The molecule has 98 valence electrons. The van der Waals surface area contributed by atoms with E-state index in [4.69, 9.17) is 11.6 Å². The molecule has 0 saturated carbocycles. The van der Waals surface area contributed by atoms with Gasteiger partial charge in [-0.05, 0) is 61.1 Å². The summed E-state index contributed by atoms with van der Waals surface area (Å²) < 4.78 is 0. The summed E-state index contributed by atoms with van der Waals surface area (Å²) in [7, 11) is 0. The van der Waals surface area contributed by atoms with Crippen LogP contribution >= 0.6 is 11.6 Å². The third-order valence-corrected chi connectivity index (χ3v) is 4.07. The summed E-state index contributed by atoms with van der Waals surface area (Å²) in [5.74, 6) is 0. The fourth-order valence-electron chi connectivity index (χ4n) is 2.77. The number of hydrogen-bond acceptors (Lipinski definition) is 1. The van der Waals surface area contributed by atoms with Gasteiger partial charge in [0.05, 0.1) is 0 Å². The van der Waals surface area contributed by atoms with Crippen LogP contribution in [0.1, 0.15) is 36.1 Å². The van der Waals surface area contributed by atoms with E-state index in [1.54, 1.807) is 0 Å². The summed E-state index contributed by atoms with van der Waals surface area (Å²) in [5.41, 5.74) is 5.47. The minimum Gasteiger partial charge on any atom is -0.378 e. The fourth-order valence-corrected chi connectivity index (χ4v) is 2.96. The molecule has 1 atom stereocenters. The lowest BCUT2D eigenvalue weighted by molar-refractivity contribution is 0.879. The van der Waals surface area contributed by atoms with Gasteiger partial charge in [0.25, 0.3) is 0 Å².